The van der Waals surface area contributed by atoms with Gasteiger partial charge in [0.25, 0.3) is 0 Å². The molecule has 0 spiro atoms. The Morgan fingerprint density at radius 1 is 1.53 bits per heavy atom. The van der Waals surface area contributed by atoms with E-state index in [1.54, 1.807) is 14.0 Å². The van der Waals surface area contributed by atoms with Gasteiger partial charge in [-0.05, 0) is 6.92 Å². The van der Waals surface area contributed by atoms with Gasteiger partial charge >= 0.3 is 12.0 Å². The molecule has 0 heterocycles. The molecule has 3 N–H and O–H groups in total. The highest BCUT2D eigenvalue weighted by atomic mass is 16.4. The first-order chi connectivity index (χ1) is 6.84. The number of carbonyl (C=O) groups excluding carboxylic acids is 1. The second-order valence-corrected chi connectivity index (χ2v) is 3.35. The Bertz CT molecular complexity index is 265. The third kappa shape index (κ3) is 5.69. The van der Waals surface area contributed by atoms with E-state index in [9.17, 15) is 9.59 Å². The molecule has 0 radical (unpaired) electrons. The smallest absolute Gasteiger partial charge is 0.334 e. The Morgan fingerprint density at radius 3 is 2.47 bits per heavy atom. The Kier molecular flexibility index (Phi) is 5.40. The van der Waals surface area contributed by atoms with Crippen molar-refractivity contribution < 1.29 is 19.8 Å². The standard InChI is InChI=1S/C9H16N2O4/c1-6(2)5-11(3)9(15)10-4-7(12)8(13)14/h7,12H,1,4-5H2,2-3H3,(H,10,15)(H,13,14). The van der Waals surface area contributed by atoms with Gasteiger partial charge in [-0.1, -0.05) is 12.2 Å². The zero-order valence-corrected chi connectivity index (χ0v) is 8.86. The topological polar surface area (TPSA) is 89.9 Å². The number of rotatable bonds is 5. The van der Waals surface area contributed by atoms with Gasteiger partial charge in [0.2, 0.25) is 0 Å². The van der Waals surface area contributed by atoms with E-state index in [1.807, 2.05) is 0 Å². The minimum atomic E-state index is -1.58. The monoisotopic (exact) mass is 216 g/mol. The largest absolute Gasteiger partial charge is 0.479 e. The summed E-state index contributed by atoms with van der Waals surface area (Å²) >= 11 is 0. The van der Waals surface area contributed by atoms with E-state index in [-0.39, 0.29) is 6.54 Å². The molecule has 86 valence electrons. The van der Waals surface area contributed by atoms with E-state index in [2.05, 4.69) is 11.9 Å². The lowest BCUT2D eigenvalue weighted by Gasteiger charge is -2.18. The number of carbonyl (C=O) groups is 2. The van der Waals surface area contributed by atoms with Crippen molar-refractivity contribution in [3.63, 3.8) is 0 Å². The fourth-order valence-electron chi connectivity index (χ4n) is 0.883. The van der Waals surface area contributed by atoms with Crippen molar-refractivity contribution in [3.8, 4) is 0 Å². The molecule has 15 heavy (non-hydrogen) atoms. The molecule has 0 aromatic heterocycles. The van der Waals surface area contributed by atoms with Crippen LogP contribution in [0.25, 0.3) is 0 Å². The second kappa shape index (κ2) is 6.02. The fourth-order valence-corrected chi connectivity index (χ4v) is 0.883. The van der Waals surface area contributed by atoms with E-state index in [0.29, 0.717) is 6.54 Å². The van der Waals surface area contributed by atoms with Gasteiger partial charge in [0.05, 0.1) is 6.54 Å². The lowest BCUT2D eigenvalue weighted by atomic mass is 10.3. The van der Waals surface area contributed by atoms with E-state index >= 15 is 0 Å². The van der Waals surface area contributed by atoms with Gasteiger partial charge in [-0.25, -0.2) is 9.59 Å². The van der Waals surface area contributed by atoms with Crippen LogP contribution in [0.5, 0.6) is 0 Å². The van der Waals surface area contributed by atoms with Crippen molar-refractivity contribution >= 4 is 12.0 Å². The summed E-state index contributed by atoms with van der Waals surface area (Å²) in [5, 5.41) is 19.5. The summed E-state index contributed by atoms with van der Waals surface area (Å²) in [5.41, 5.74) is 0.812. The van der Waals surface area contributed by atoms with Gasteiger partial charge in [-0.3, -0.25) is 0 Å². The highest BCUT2D eigenvalue weighted by molar-refractivity contribution is 5.76. The first-order valence-electron chi connectivity index (χ1n) is 4.38. The third-order valence-electron chi connectivity index (χ3n) is 1.59. The molecule has 0 aliphatic heterocycles. The number of carboxylic acids is 1. The molecule has 0 fully saturated rings. The Labute approximate surface area is 88.2 Å². The summed E-state index contributed by atoms with van der Waals surface area (Å²) < 4.78 is 0. The van der Waals surface area contributed by atoms with Crippen molar-refractivity contribution in [2.24, 2.45) is 0 Å². The number of hydrogen-bond donors (Lipinski definition) is 3. The lowest BCUT2D eigenvalue weighted by Crippen LogP contribution is -2.43. The van der Waals surface area contributed by atoms with Crippen LogP contribution < -0.4 is 5.32 Å². The summed E-state index contributed by atoms with van der Waals surface area (Å²) in [7, 11) is 1.55. The van der Waals surface area contributed by atoms with Gasteiger partial charge in [0, 0.05) is 13.6 Å². The molecule has 0 aliphatic carbocycles. The maximum atomic E-state index is 11.3. The number of aliphatic carboxylic acids is 1. The lowest BCUT2D eigenvalue weighted by molar-refractivity contribution is -0.146. The summed E-state index contributed by atoms with van der Waals surface area (Å²) in [6.45, 7) is 5.48. The first kappa shape index (κ1) is 13.4. The molecule has 0 saturated heterocycles. The van der Waals surface area contributed by atoms with Gasteiger partial charge < -0.3 is 20.4 Å². The average molecular weight is 216 g/mol. The molecule has 2 amide bonds. The summed E-state index contributed by atoms with van der Waals surface area (Å²) in [4.78, 5) is 22.8. The van der Waals surface area contributed by atoms with Gasteiger partial charge in [0.1, 0.15) is 0 Å². The predicted molar refractivity (Wildman–Crippen MR) is 54.5 cm³/mol. The van der Waals surface area contributed by atoms with Crippen molar-refractivity contribution in [2.75, 3.05) is 20.1 Å². The molecule has 1 unspecified atom stereocenters. The van der Waals surface area contributed by atoms with Crippen LogP contribution in [0.4, 0.5) is 4.79 Å². The number of nitrogens with one attached hydrogen (secondary N) is 1. The molecule has 0 aromatic rings. The van der Waals surface area contributed by atoms with Crippen LogP contribution in [0.15, 0.2) is 12.2 Å². The second-order valence-electron chi connectivity index (χ2n) is 3.35. The van der Waals surface area contributed by atoms with E-state index < -0.39 is 18.1 Å². The number of aliphatic hydroxyl groups is 1. The number of amides is 2. The van der Waals surface area contributed by atoms with Crippen LogP contribution in [-0.2, 0) is 4.79 Å². The molecular weight excluding hydrogens is 200 g/mol. The number of nitrogens with zero attached hydrogens (tertiary/aromatic N) is 1. The molecule has 1 atom stereocenters. The van der Waals surface area contributed by atoms with Crippen LogP contribution >= 0.6 is 0 Å². The number of likely N-dealkylation sites (N-methyl/N-ethyl adjacent to an activating group) is 1. The quantitative estimate of drug-likeness (QED) is 0.548. The van der Waals surface area contributed by atoms with E-state index in [0.717, 1.165) is 5.57 Å². The zero-order chi connectivity index (χ0) is 12.0. The van der Waals surface area contributed by atoms with Crippen molar-refractivity contribution in [3.05, 3.63) is 12.2 Å². The number of aliphatic hydroxyl groups excluding tert-OH is 1. The minimum Gasteiger partial charge on any atom is -0.479 e. The molecule has 6 heteroatoms. The van der Waals surface area contributed by atoms with Crippen LogP contribution in [0.1, 0.15) is 6.92 Å². The van der Waals surface area contributed by atoms with Crippen molar-refractivity contribution in [2.45, 2.75) is 13.0 Å². The Hall–Kier alpha value is -1.56. The molecule has 0 saturated carbocycles. The van der Waals surface area contributed by atoms with Gasteiger partial charge in [0.15, 0.2) is 6.10 Å². The van der Waals surface area contributed by atoms with Crippen LogP contribution in [0.2, 0.25) is 0 Å². The van der Waals surface area contributed by atoms with E-state index in [4.69, 9.17) is 10.2 Å². The third-order valence-corrected chi connectivity index (χ3v) is 1.59. The fraction of sp³-hybridized carbons (Fsp3) is 0.556. The molecule has 0 aromatic carbocycles. The molecule has 0 bridgehead atoms. The van der Waals surface area contributed by atoms with Gasteiger partial charge in [-0.15, -0.1) is 0 Å². The first-order valence-corrected chi connectivity index (χ1v) is 4.38. The molecule has 0 aliphatic rings. The highest BCUT2D eigenvalue weighted by Gasteiger charge is 2.15. The normalized spacial score (nSPS) is 11.7. The van der Waals surface area contributed by atoms with Crippen LogP contribution in [0, 0.1) is 0 Å². The Morgan fingerprint density at radius 2 is 2.07 bits per heavy atom. The van der Waals surface area contributed by atoms with Crippen LogP contribution in [0.3, 0.4) is 0 Å². The summed E-state index contributed by atoms with van der Waals surface area (Å²) in [5.74, 6) is -1.36. The molecule has 0 rings (SSSR count). The van der Waals surface area contributed by atoms with Gasteiger partial charge in [-0.2, -0.15) is 0 Å². The van der Waals surface area contributed by atoms with Crippen LogP contribution in [-0.4, -0.2) is 53.4 Å². The number of urea groups is 1. The zero-order valence-electron chi connectivity index (χ0n) is 8.86. The predicted octanol–water partition coefficient (Wildman–Crippen LogP) is -0.351. The Balaban J connectivity index is 3.93. The molecule has 6 nitrogen and oxygen atoms in total. The SMILES string of the molecule is C=C(C)CN(C)C(=O)NCC(O)C(=O)O. The summed E-state index contributed by atoms with van der Waals surface area (Å²) in [6.07, 6.45) is -1.58. The summed E-state index contributed by atoms with van der Waals surface area (Å²) in [6, 6.07) is -0.446. The molecular formula is C9H16N2O4. The number of hydrogen-bond acceptors (Lipinski definition) is 3. The maximum Gasteiger partial charge on any atom is 0.334 e. The van der Waals surface area contributed by atoms with Crippen molar-refractivity contribution in [1.82, 2.24) is 10.2 Å². The van der Waals surface area contributed by atoms with Crippen molar-refractivity contribution in [1.29, 1.82) is 0 Å². The minimum absolute atomic E-state index is 0.311. The average Bonchev–Trinajstić information content (AvgIpc) is 2.12. The number of carboxylic acid groups (broad SMARTS) is 1. The highest BCUT2D eigenvalue weighted by Crippen LogP contribution is 1.92. The van der Waals surface area contributed by atoms with E-state index in [1.165, 1.54) is 4.90 Å². The maximum absolute atomic E-state index is 11.3.